The van der Waals surface area contributed by atoms with Crippen molar-refractivity contribution in [3.05, 3.63) is 21.3 Å². The normalized spacial score (nSPS) is 23.3. The number of nitrogens with one attached hydrogen (secondary N) is 2. The molecule has 0 saturated heterocycles. The molecule has 4 nitrogen and oxygen atoms in total. The zero-order valence-corrected chi connectivity index (χ0v) is 15.2. The van der Waals surface area contributed by atoms with Crippen LogP contribution in [0.15, 0.2) is 12.1 Å². The number of ether oxygens (including phenoxy) is 1. The largest absolute Gasteiger partial charge is 0.444 e. The average Bonchev–Trinajstić information content (AvgIpc) is 2.96. The van der Waals surface area contributed by atoms with Crippen LogP contribution in [-0.2, 0) is 4.74 Å². The van der Waals surface area contributed by atoms with E-state index in [0.29, 0.717) is 6.04 Å². The number of hydrogen-bond acceptors (Lipinski definition) is 4. The monoisotopic (exact) mass is 344 g/mol. The minimum absolute atomic E-state index is 0.187. The van der Waals surface area contributed by atoms with Crippen LogP contribution in [0.5, 0.6) is 0 Å². The summed E-state index contributed by atoms with van der Waals surface area (Å²) in [5.74, 6) is 0. The van der Waals surface area contributed by atoms with Gasteiger partial charge in [0.05, 0.1) is 4.34 Å². The van der Waals surface area contributed by atoms with E-state index in [-0.39, 0.29) is 18.2 Å². The van der Waals surface area contributed by atoms with Crippen molar-refractivity contribution in [3.63, 3.8) is 0 Å². The molecule has 6 heteroatoms. The second kappa shape index (κ2) is 7.20. The van der Waals surface area contributed by atoms with Gasteiger partial charge in [-0.2, -0.15) is 0 Å². The van der Waals surface area contributed by atoms with Crippen LogP contribution in [0.4, 0.5) is 4.79 Å². The number of carbonyl (C=O) groups excluding carboxylic acids is 1. The number of hydrogen-bond donors (Lipinski definition) is 2. The number of rotatable bonds is 4. The van der Waals surface area contributed by atoms with E-state index in [4.69, 9.17) is 16.3 Å². The van der Waals surface area contributed by atoms with Crippen LogP contribution >= 0.6 is 22.9 Å². The Kier molecular flexibility index (Phi) is 5.75. The zero-order valence-electron chi connectivity index (χ0n) is 13.6. The number of thiophene rings is 1. The van der Waals surface area contributed by atoms with Crippen molar-refractivity contribution < 1.29 is 9.53 Å². The van der Waals surface area contributed by atoms with Crippen molar-refractivity contribution in [1.29, 1.82) is 0 Å². The molecule has 0 aromatic carbocycles. The van der Waals surface area contributed by atoms with E-state index in [1.807, 2.05) is 26.8 Å². The van der Waals surface area contributed by atoms with Gasteiger partial charge in [0, 0.05) is 23.0 Å². The summed E-state index contributed by atoms with van der Waals surface area (Å²) in [7, 11) is 0. The number of alkyl carbamates (subject to hydrolysis) is 1. The molecule has 1 heterocycles. The lowest BCUT2D eigenvalue weighted by Gasteiger charge is -2.22. The van der Waals surface area contributed by atoms with Gasteiger partial charge in [0.25, 0.3) is 0 Å². The molecule has 0 radical (unpaired) electrons. The van der Waals surface area contributed by atoms with E-state index in [2.05, 4.69) is 23.6 Å². The van der Waals surface area contributed by atoms with Gasteiger partial charge in [-0.3, -0.25) is 0 Å². The third-order valence-electron chi connectivity index (χ3n) is 3.66. The molecule has 1 fully saturated rings. The van der Waals surface area contributed by atoms with E-state index >= 15 is 0 Å². The van der Waals surface area contributed by atoms with Gasteiger partial charge in [0.1, 0.15) is 5.60 Å². The molecule has 0 spiro atoms. The molecule has 124 valence electrons. The molecular weight excluding hydrogens is 320 g/mol. The topological polar surface area (TPSA) is 50.4 Å². The van der Waals surface area contributed by atoms with Gasteiger partial charge in [-0.1, -0.05) is 11.6 Å². The van der Waals surface area contributed by atoms with Crippen molar-refractivity contribution in [3.8, 4) is 0 Å². The highest BCUT2D eigenvalue weighted by Gasteiger charge is 2.28. The fourth-order valence-corrected chi connectivity index (χ4v) is 3.81. The van der Waals surface area contributed by atoms with Crippen LogP contribution in [0.1, 0.15) is 57.9 Å². The van der Waals surface area contributed by atoms with Crippen molar-refractivity contribution in [2.45, 2.75) is 70.7 Å². The maximum Gasteiger partial charge on any atom is 0.407 e. The summed E-state index contributed by atoms with van der Waals surface area (Å²) < 4.78 is 6.12. The van der Waals surface area contributed by atoms with Gasteiger partial charge >= 0.3 is 6.09 Å². The van der Waals surface area contributed by atoms with E-state index in [1.54, 1.807) is 11.3 Å². The molecule has 1 aromatic rings. The minimum Gasteiger partial charge on any atom is -0.444 e. The van der Waals surface area contributed by atoms with E-state index in [0.717, 1.165) is 23.6 Å². The van der Waals surface area contributed by atoms with Gasteiger partial charge < -0.3 is 15.4 Å². The fraction of sp³-hybridized carbons (Fsp3) is 0.688. The molecule has 22 heavy (non-hydrogen) atoms. The van der Waals surface area contributed by atoms with Crippen molar-refractivity contribution in [2.75, 3.05) is 0 Å². The zero-order chi connectivity index (χ0) is 16.3. The van der Waals surface area contributed by atoms with Crippen LogP contribution in [0.3, 0.4) is 0 Å². The molecule has 1 aromatic heterocycles. The lowest BCUT2D eigenvalue weighted by molar-refractivity contribution is 0.0505. The summed E-state index contributed by atoms with van der Waals surface area (Å²) in [5, 5.41) is 6.58. The van der Waals surface area contributed by atoms with Gasteiger partial charge in [0.2, 0.25) is 0 Å². The second-order valence-electron chi connectivity index (χ2n) is 6.88. The molecule has 1 aliphatic carbocycles. The number of amides is 1. The van der Waals surface area contributed by atoms with Crippen LogP contribution in [0, 0.1) is 0 Å². The Balaban J connectivity index is 1.77. The standard InChI is InChI=1S/C16H25ClN2O2S/c1-10(13-7-8-14(17)22-13)18-11-5-6-12(9-11)19-15(20)21-16(2,3)4/h7-8,10-12,18H,5-6,9H2,1-4H3,(H,19,20). The van der Waals surface area contributed by atoms with Gasteiger partial charge in [-0.05, 0) is 59.1 Å². The van der Waals surface area contributed by atoms with Crippen molar-refractivity contribution in [2.24, 2.45) is 0 Å². The SMILES string of the molecule is CC(NC1CCC(NC(=O)OC(C)(C)C)C1)c1ccc(Cl)s1. The van der Waals surface area contributed by atoms with Crippen LogP contribution < -0.4 is 10.6 Å². The first-order chi connectivity index (χ1) is 10.2. The molecule has 2 N–H and O–H groups in total. The van der Waals surface area contributed by atoms with E-state index < -0.39 is 5.60 Å². The average molecular weight is 345 g/mol. The Morgan fingerprint density at radius 3 is 2.64 bits per heavy atom. The highest BCUT2D eigenvalue weighted by molar-refractivity contribution is 7.16. The predicted molar refractivity (Wildman–Crippen MR) is 91.7 cm³/mol. The van der Waals surface area contributed by atoms with E-state index in [9.17, 15) is 4.79 Å². The van der Waals surface area contributed by atoms with Crippen LogP contribution in [0.2, 0.25) is 4.34 Å². The fourth-order valence-electron chi connectivity index (χ4n) is 2.73. The Bertz CT molecular complexity index is 512. The van der Waals surface area contributed by atoms with Crippen LogP contribution in [-0.4, -0.2) is 23.8 Å². The maximum absolute atomic E-state index is 11.8. The second-order valence-corrected chi connectivity index (χ2v) is 8.63. The molecule has 1 aliphatic rings. The molecule has 0 bridgehead atoms. The highest BCUT2D eigenvalue weighted by atomic mass is 35.5. The Morgan fingerprint density at radius 2 is 2.05 bits per heavy atom. The summed E-state index contributed by atoms with van der Waals surface area (Å²) in [5.41, 5.74) is -0.451. The minimum atomic E-state index is -0.451. The first-order valence-corrected chi connectivity index (χ1v) is 8.93. The smallest absolute Gasteiger partial charge is 0.407 e. The first kappa shape index (κ1) is 17.6. The lowest BCUT2D eigenvalue weighted by atomic mass is 10.2. The molecule has 2 rings (SSSR count). The molecule has 3 unspecified atom stereocenters. The molecule has 0 aliphatic heterocycles. The lowest BCUT2D eigenvalue weighted by Crippen LogP contribution is -2.39. The van der Waals surface area contributed by atoms with Crippen molar-refractivity contribution >= 4 is 29.0 Å². The summed E-state index contributed by atoms with van der Waals surface area (Å²) in [6.07, 6.45) is 2.65. The summed E-state index contributed by atoms with van der Waals surface area (Å²) >= 11 is 7.59. The molecule has 1 amide bonds. The van der Waals surface area contributed by atoms with Crippen molar-refractivity contribution in [1.82, 2.24) is 10.6 Å². The van der Waals surface area contributed by atoms with E-state index in [1.165, 1.54) is 4.88 Å². The third-order valence-corrected chi connectivity index (χ3v) is 5.07. The van der Waals surface area contributed by atoms with Gasteiger partial charge in [-0.15, -0.1) is 11.3 Å². The molecule has 3 atom stereocenters. The highest BCUT2D eigenvalue weighted by Crippen LogP contribution is 2.29. The van der Waals surface area contributed by atoms with Crippen LogP contribution in [0.25, 0.3) is 0 Å². The summed E-state index contributed by atoms with van der Waals surface area (Å²) in [4.78, 5) is 13.0. The summed E-state index contributed by atoms with van der Waals surface area (Å²) in [6.45, 7) is 7.77. The van der Waals surface area contributed by atoms with Gasteiger partial charge in [-0.25, -0.2) is 4.79 Å². The Hall–Kier alpha value is -0.780. The third kappa shape index (κ3) is 5.45. The Labute approximate surface area is 141 Å². The maximum atomic E-state index is 11.8. The number of halogens is 1. The van der Waals surface area contributed by atoms with Gasteiger partial charge in [0.15, 0.2) is 0 Å². The quantitative estimate of drug-likeness (QED) is 0.845. The molecular formula is C16H25ClN2O2S. The predicted octanol–water partition coefficient (Wildman–Crippen LogP) is 4.50. The molecule has 1 saturated carbocycles. The Morgan fingerprint density at radius 1 is 1.36 bits per heavy atom. The summed E-state index contributed by atoms with van der Waals surface area (Å²) in [6, 6.07) is 4.88. The number of carbonyl (C=O) groups is 1. The first-order valence-electron chi connectivity index (χ1n) is 7.74.